The molecule has 4 bridgehead atoms. The zero-order valence-corrected chi connectivity index (χ0v) is 24.2. The van der Waals surface area contributed by atoms with Gasteiger partial charge < -0.3 is 9.80 Å². The molecule has 2 atom stereocenters. The summed E-state index contributed by atoms with van der Waals surface area (Å²) < 4.78 is 3.05. The molecule has 1 fully saturated rings. The van der Waals surface area contributed by atoms with E-state index in [-0.39, 0.29) is 22.9 Å². The van der Waals surface area contributed by atoms with E-state index in [2.05, 4.69) is 86.5 Å². The number of nitrogens with one attached hydrogen (secondary N) is 1. The quantitative estimate of drug-likeness (QED) is 0.350. The van der Waals surface area contributed by atoms with Gasteiger partial charge in [-0.3, -0.25) is 9.52 Å². The molecule has 0 aliphatic carbocycles. The molecular formula is C31H39N5OS. The standard InChI is InChI=1S/C31H39N5OS/c1-30(2,3)25-18-16-23-28(32-25)36-20-21(19-31(36,4)5)15-17-24(22-11-8-7-9-12-22)35(6)26-13-10-14-27(33-26)38-34-29(23)37/h7-14,16,18,21,24H,15,17,19-20H2,1-6H3,(H,34,37). The molecule has 1 aromatic carbocycles. The lowest BCUT2D eigenvalue weighted by Gasteiger charge is -2.34. The van der Waals surface area contributed by atoms with Gasteiger partial charge in [0.2, 0.25) is 0 Å². The molecule has 0 saturated carbocycles. The number of hydrogen-bond donors (Lipinski definition) is 1. The molecule has 200 valence electrons. The lowest BCUT2D eigenvalue weighted by Crippen LogP contribution is -2.40. The number of carbonyl (C=O) groups excluding carboxylic acids is 1. The maximum atomic E-state index is 13.6. The van der Waals surface area contributed by atoms with Crippen molar-refractivity contribution >= 4 is 29.5 Å². The van der Waals surface area contributed by atoms with Gasteiger partial charge in [0, 0.05) is 42.2 Å². The number of hydrogen-bond acceptors (Lipinski definition) is 6. The fraction of sp³-hybridized carbons (Fsp3) is 0.452. The first kappa shape index (κ1) is 26.5. The summed E-state index contributed by atoms with van der Waals surface area (Å²) in [7, 11) is 2.13. The Morgan fingerprint density at radius 2 is 1.74 bits per heavy atom. The summed E-state index contributed by atoms with van der Waals surface area (Å²) >= 11 is 1.26. The molecule has 2 aliphatic heterocycles. The van der Waals surface area contributed by atoms with Crippen LogP contribution in [0.1, 0.15) is 81.5 Å². The number of carbonyl (C=O) groups is 1. The second-order valence-electron chi connectivity index (χ2n) is 12.3. The lowest BCUT2D eigenvalue weighted by atomic mass is 9.90. The van der Waals surface area contributed by atoms with Crippen LogP contribution in [0.5, 0.6) is 0 Å². The van der Waals surface area contributed by atoms with Gasteiger partial charge in [0.15, 0.2) is 0 Å². The highest BCUT2D eigenvalue weighted by molar-refractivity contribution is 7.97. The normalized spacial score (nSPS) is 21.8. The van der Waals surface area contributed by atoms with E-state index < -0.39 is 0 Å². The van der Waals surface area contributed by atoms with Crippen molar-refractivity contribution in [3.63, 3.8) is 0 Å². The minimum absolute atomic E-state index is 0.104. The zero-order valence-electron chi connectivity index (χ0n) is 23.4. The molecular weight excluding hydrogens is 490 g/mol. The van der Waals surface area contributed by atoms with Crippen LogP contribution < -0.4 is 14.5 Å². The van der Waals surface area contributed by atoms with Gasteiger partial charge in [-0.2, -0.15) is 0 Å². The molecule has 0 spiro atoms. The Bertz CT molecular complexity index is 1300. The largest absolute Gasteiger partial charge is 0.353 e. The van der Waals surface area contributed by atoms with Gasteiger partial charge >= 0.3 is 0 Å². The molecule has 6 nitrogen and oxygen atoms in total. The predicted octanol–water partition coefficient (Wildman–Crippen LogP) is 6.79. The Morgan fingerprint density at radius 1 is 0.974 bits per heavy atom. The number of anilines is 2. The summed E-state index contributed by atoms with van der Waals surface area (Å²) in [5, 5.41) is 0.757. The third-order valence-electron chi connectivity index (χ3n) is 7.92. The van der Waals surface area contributed by atoms with Crippen LogP contribution in [-0.2, 0) is 5.41 Å². The minimum atomic E-state index is -0.144. The van der Waals surface area contributed by atoms with Crippen molar-refractivity contribution in [1.29, 1.82) is 0 Å². The van der Waals surface area contributed by atoms with Crippen molar-refractivity contribution in [3.05, 3.63) is 77.5 Å². The molecule has 4 heterocycles. The van der Waals surface area contributed by atoms with Crippen molar-refractivity contribution in [1.82, 2.24) is 14.7 Å². The number of nitrogens with zero attached hydrogens (tertiary/aromatic N) is 4. The van der Waals surface area contributed by atoms with Crippen LogP contribution in [-0.4, -0.2) is 35.0 Å². The number of rotatable bonds is 1. The summed E-state index contributed by atoms with van der Waals surface area (Å²) in [5.74, 6) is 2.05. The minimum Gasteiger partial charge on any atom is -0.353 e. The highest BCUT2D eigenvalue weighted by atomic mass is 32.2. The van der Waals surface area contributed by atoms with E-state index in [9.17, 15) is 4.79 Å². The van der Waals surface area contributed by atoms with Crippen molar-refractivity contribution in [2.24, 2.45) is 5.92 Å². The maximum Gasteiger partial charge on any atom is 0.265 e. The van der Waals surface area contributed by atoms with Crippen molar-refractivity contribution < 1.29 is 4.79 Å². The molecule has 38 heavy (non-hydrogen) atoms. The summed E-state index contributed by atoms with van der Waals surface area (Å²) in [6.45, 7) is 12.0. The highest BCUT2D eigenvalue weighted by Gasteiger charge is 2.41. The Hall–Kier alpha value is -3.06. The lowest BCUT2D eigenvalue weighted by molar-refractivity contribution is 0.0984. The van der Waals surface area contributed by atoms with E-state index >= 15 is 0 Å². The van der Waals surface area contributed by atoms with Crippen LogP contribution in [0.4, 0.5) is 11.6 Å². The first-order valence-corrected chi connectivity index (χ1v) is 14.4. The number of aromatic nitrogens is 2. The van der Waals surface area contributed by atoms with Crippen LogP contribution in [0.25, 0.3) is 0 Å². The SMILES string of the molecule is CN1c2cccc(n2)SNC(=O)c2ccc(C(C)(C)C)nc2N2CC(CCC1c1ccccc1)CC2(C)C. The molecule has 7 heteroatoms. The van der Waals surface area contributed by atoms with E-state index in [0.717, 1.165) is 48.2 Å². The smallest absolute Gasteiger partial charge is 0.265 e. The topological polar surface area (TPSA) is 61.4 Å². The summed E-state index contributed by atoms with van der Waals surface area (Å²) in [6, 6.07) is 20.9. The van der Waals surface area contributed by atoms with Crippen LogP contribution in [0.15, 0.2) is 65.7 Å². The first-order valence-electron chi connectivity index (χ1n) is 13.5. The van der Waals surface area contributed by atoms with E-state index in [0.29, 0.717) is 11.5 Å². The molecule has 0 radical (unpaired) electrons. The Balaban J connectivity index is 1.58. The maximum absolute atomic E-state index is 13.6. The van der Waals surface area contributed by atoms with Gasteiger partial charge in [-0.05, 0) is 68.9 Å². The van der Waals surface area contributed by atoms with E-state index in [1.807, 2.05) is 30.3 Å². The average Bonchev–Trinajstić information content (AvgIpc) is 3.20. The van der Waals surface area contributed by atoms with Crippen LogP contribution in [0.2, 0.25) is 0 Å². The molecule has 3 aromatic rings. The van der Waals surface area contributed by atoms with Crippen molar-refractivity contribution in [2.45, 2.75) is 75.9 Å². The number of fused-ring (bicyclic) bond motifs is 6. The van der Waals surface area contributed by atoms with E-state index in [1.54, 1.807) is 0 Å². The molecule has 1 amide bonds. The fourth-order valence-corrected chi connectivity index (χ4v) is 6.42. The molecule has 1 N–H and O–H groups in total. The molecule has 2 aliphatic rings. The zero-order chi connectivity index (χ0) is 27.1. The Morgan fingerprint density at radius 3 is 2.47 bits per heavy atom. The second-order valence-corrected chi connectivity index (χ2v) is 13.1. The molecule has 2 unspecified atom stereocenters. The van der Waals surface area contributed by atoms with Gasteiger partial charge in [-0.15, -0.1) is 0 Å². The van der Waals surface area contributed by atoms with Gasteiger partial charge in [-0.25, -0.2) is 9.97 Å². The number of benzene rings is 1. The van der Waals surface area contributed by atoms with Gasteiger partial charge in [0.05, 0.1) is 11.6 Å². The summed E-state index contributed by atoms with van der Waals surface area (Å²) in [4.78, 5) is 28.2. The van der Waals surface area contributed by atoms with E-state index in [1.165, 1.54) is 17.5 Å². The van der Waals surface area contributed by atoms with Gasteiger partial charge in [0.1, 0.15) is 16.7 Å². The predicted molar refractivity (Wildman–Crippen MR) is 157 cm³/mol. The highest BCUT2D eigenvalue weighted by Crippen LogP contribution is 2.42. The van der Waals surface area contributed by atoms with Crippen LogP contribution in [0.3, 0.4) is 0 Å². The van der Waals surface area contributed by atoms with E-state index in [4.69, 9.17) is 9.97 Å². The molecule has 2 aromatic heterocycles. The Labute approximate surface area is 231 Å². The second kappa shape index (κ2) is 10.3. The molecule has 1 saturated heterocycles. The average molecular weight is 530 g/mol. The van der Waals surface area contributed by atoms with Crippen LogP contribution in [0, 0.1) is 5.92 Å². The summed E-state index contributed by atoms with van der Waals surface area (Å²) in [6.07, 6.45) is 3.16. The molecule has 5 rings (SSSR count). The first-order chi connectivity index (χ1) is 18.0. The van der Waals surface area contributed by atoms with Crippen molar-refractivity contribution in [3.8, 4) is 0 Å². The van der Waals surface area contributed by atoms with Crippen LogP contribution >= 0.6 is 11.9 Å². The third kappa shape index (κ3) is 5.39. The van der Waals surface area contributed by atoms with Crippen molar-refractivity contribution in [2.75, 3.05) is 23.4 Å². The van der Waals surface area contributed by atoms with Gasteiger partial charge in [-0.1, -0.05) is 57.2 Å². The summed E-state index contributed by atoms with van der Waals surface area (Å²) in [5.41, 5.74) is 2.69. The van der Waals surface area contributed by atoms with Gasteiger partial charge in [0.25, 0.3) is 5.91 Å². The number of pyridine rings is 2. The third-order valence-corrected chi connectivity index (χ3v) is 8.65. The fourth-order valence-electron chi connectivity index (χ4n) is 5.83. The Kier molecular flexibility index (Phi) is 7.16. The number of amides is 1. The monoisotopic (exact) mass is 529 g/mol.